The van der Waals surface area contributed by atoms with Crippen LogP contribution >= 0.6 is 11.3 Å². The number of aryl methyl sites for hydroxylation is 2. The molecule has 0 amide bonds. The monoisotopic (exact) mass is 280 g/mol. The van der Waals surface area contributed by atoms with Crippen LogP contribution in [0.1, 0.15) is 41.8 Å². The van der Waals surface area contributed by atoms with Crippen molar-refractivity contribution in [2.24, 2.45) is 0 Å². The van der Waals surface area contributed by atoms with Crippen molar-refractivity contribution >= 4 is 17.3 Å². The summed E-state index contributed by atoms with van der Waals surface area (Å²) in [6.45, 7) is 2.71. The van der Waals surface area contributed by atoms with Crippen molar-refractivity contribution in [3.63, 3.8) is 0 Å². The van der Waals surface area contributed by atoms with Crippen molar-refractivity contribution in [2.45, 2.75) is 57.7 Å². The Morgan fingerprint density at radius 1 is 1.42 bits per heavy atom. The second-order valence-electron chi connectivity index (χ2n) is 5.60. The summed E-state index contributed by atoms with van der Waals surface area (Å²) in [6, 6.07) is -0.101. The van der Waals surface area contributed by atoms with Crippen molar-refractivity contribution in [2.75, 3.05) is 7.05 Å². The van der Waals surface area contributed by atoms with Crippen LogP contribution in [-0.2, 0) is 28.9 Å². The molecule has 4 nitrogen and oxygen atoms in total. The third kappa shape index (κ3) is 2.67. The van der Waals surface area contributed by atoms with Gasteiger partial charge in [-0.05, 0) is 39.7 Å². The zero-order valence-corrected chi connectivity index (χ0v) is 12.3. The largest absolute Gasteiger partial charge is 0.461 e. The number of nitrogens with zero attached hydrogens (tertiary/aromatic N) is 2. The Labute approximate surface area is 117 Å². The Hall–Kier alpha value is -0.940. The molecule has 1 aliphatic heterocycles. The molecule has 104 valence electrons. The summed E-state index contributed by atoms with van der Waals surface area (Å²) >= 11 is 1.82. The number of hydrogen-bond acceptors (Lipinski definition) is 5. The van der Waals surface area contributed by atoms with Gasteiger partial charge in [0.05, 0.1) is 12.2 Å². The van der Waals surface area contributed by atoms with Gasteiger partial charge in [-0.15, -0.1) is 11.3 Å². The highest BCUT2D eigenvalue weighted by Gasteiger charge is 2.35. The van der Waals surface area contributed by atoms with Gasteiger partial charge in [0.2, 0.25) is 0 Å². The van der Waals surface area contributed by atoms with Crippen molar-refractivity contribution in [3.05, 3.63) is 15.6 Å². The van der Waals surface area contributed by atoms with Crippen LogP contribution in [0.5, 0.6) is 0 Å². The summed E-state index contributed by atoms with van der Waals surface area (Å²) in [4.78, 5) is 20.0. The Bertz CT molecular complexity index is 462. The van der Waals surface area contributed by atoms with Crippen molar-refractivity contribution in [1.82, 2.24) is 9.88 Å². The van der Waals surface area contributed by atoms with Crippen LogP contribution < -0.4 is 0 Å². The van der Waals surface area contributed by atoms with E-state index < -0.39 is 0 Å². The topological polar surface area (TPSA) is 42.4 Å². The first-order valence-corrected chi connectivity index (χ1v) is 7.83. The van der Waals surface area contributed by atoms with Gasteiger partial charge < -0.3 is 4.74 Å². The first kappa shape index (κ1) is 13.1. The summed E-state index contributed by atoms with van der Waals surface area (Å²) in [5.41, 5.74) is 1.29. The zero-order valence-electron chi connectivity index (χ0n) is 11.5. The lowest BCUT2D eigenvalue weighted by Gasteiger charge is -2.19. The van der Waals surface area contributed by atoms with E-state index in [1.807, 2.05) is 25.3 Å². The molecule has 0 spiro atoms. The van der Waals surface area contributed by atoms with Gasteiger partial charge in [-0.25, -0.2) is 4.98 Å². The molecule has 5 heteroatoms. The highest BCUT2D eigenvalue weighted by molar-refractivity contribution is 7.11. The second-order valence-corrected chi connectivity index (χ2v) is 6.77. The fourth-order valence-electron chi connectivity index (χ4n) is 2.89. The van der Waals surface area contributed by atoms with E-state index in [4.69, 9.17) is 9.72 Å². The zero-order chi connectivity index (χ0) is 13.4. The number of cyclic esters (lactones) is 1. The molecule has 0 radical (unpaired) electrons. The maximum absolute atomic E-state index is 11.7. The lowest BCUT2D eigenvalue weighted by Crippen LogP contribution is -2.34. The number of fused-ring (bicyclic) bond motifs is 1. The summed E-state index contributed by atoms with van der Waals surface area (Å²) in [7, 11) is 1.99. The minimum absolute atomic E-state index is 0.0458. The standard InChI is InChI=1S/C14H20N2O2S/c1-9-7-11(14(17)18-9)16(2)8-13-15-10-5-3-4-6-12(10)19-13/h9,11H,3-8H2,1-2H3/t9-,11-/m0/s1. The van der Waals surface area contributed by atoms with Crippen LogP contribution in [0.2, 0.25) is 0 Å². The van der Waals surface area contributed by atoms with Crippen LogP contribution in [0.3, 0.4) is 0 Å². The number of thiazole rings is 1. The van der Waals surface area contributed by atoms with E-state index in [1.165, 1.54) is 29.8 Å². The number of carbonyl (C=O) groups excluding carboxylic acids is 1. The molecule has 0 N–H and O–H groups in total. The van der Waals surface area contributed by atoms with E-state index in [2.05, 4.69) is 4.90 Å². The van der Waals surface area contributed by atoms with Gasteiger partial charge in [-0.1, -0.05) is 0 Å². The molecule has 3 rings (SSSR count). The summed E-state index contributed by atoms with van der Waals surface area (Å²) < 4.78 is 5.22. The van der Waals surface area contributed by atoms with Crippen molar-refractivity contribution < 1.29 is 9.53 Å². The molecule has 1 aromatic rings. The number of aromatic nitrogens is 1. The maximum atomic E-state index is 11.7. The minimum Gasteiger partial charge on any atom is -0.461 e. The Balaban J connectivity index is 1.67. The van der Waals surface area contributed by atoms with Crippen molar-refractivity contribution in [3.8, 4) is 0 Å². The van der Waals surface area contributed by atoms with E-state index in [-0.39, 0.29) is 18.1 Å². The Morgan fingerprint density at radius 3 is 2.89 bits per heavy atom. The van der Waals surface area contributed by atoms with Gasteiger partial charge in [0.15, 0.2) is 0 Å². The van der Waals surface area contributed by atoms with Crippen LogP contribution in [0.4, 0.5) is 0 Å². The van der Waals surface area contributed by atoms with Crippen molar-refractivity contribution in [1.29, 1.82) is 0 Å². The lowest BCUT2D eigenvalue weighted by molar-refractivity contribution is -0.144. The number of esters is 1. The molecule has 0 unspecified atom stereocenters. The number of rotatable bonds is 3. The molecule has 2 atom stereocenters. The van der Waals surface area contributed by atoms with Gasteiger partial charge in [-0.2, -0.15) is 0 Å². The molecule has 0 aromatic carbocycles. The first-order valence-electron chi connectivity index (χ1n) is 7.01. The number of hydrogen-bond donors (Lipinski definition) is 0. The number of ether oxygens (including phenoxy) is 1. The van der Waals surface area contributed by atoms with E-state index in [0.717, 1.165) is 24.4 Å². The molecule has 0 saturated carbocycles. The molecule has 1 saturated heterocycles. The van der Waals surface area contributed by atoms with Crippen LogP contribution in [0.15, 0.2) is 0 Å². The predicted molar refractivity (Wildman–Crippen MR) is 74.2 cm³/mol. The van der Waals surface area contributed by atoms with E-state index in [0.29, 0.717) is 0 Å². The molecule has 2 heterocycles. The highest BCUT2D eigenvalue weighted by atomic mass is 32.1. The third-order valence-electron chi connectivity index (χ3n) is 3.95. The van der Waals surface area contributed by atoms with Gasteiger partial charge in [-0.3, -0.25) is 9.69 Å². The first-order chi connectivity index (χ1) is 9.13. The lowest BCUT2D eigenvalue weighted by atomic mass is 10.0. The molecule has 2 aliphatic rings. The fraction of sp³-hybridized carbons (Fsp3) is 0.714. The molecular weight excluding hydrogens is 260 g/mol. The van der Waals surface area contributed by atoms with Gasteiger partial charge in [0.25, 0.3) is 0 Å². The average Bonchev–Trinajstić information content (AvgIpc) is 2.91. The summed E-state index contributed by atoms with van der Waals surface area (Å²) in [5, 5.41) is 1.14. The summed E-state index contributed by atoms with van der Waals surface area (Å²) in [5.74, 6) is -0.0867. The van der Waals surface area contributed by atoms with Gasteiger partial charge in [0, 0.05) is 11.3 Å². The molecule has 19 heavy (non-hydrogen) atoms. The maximum Gasteiger partial charge on any atom is 0.323 e. The molecule has 1 aliphatic carbocycles. The normalized spacial score (nSPS) is 26.6. The highest BCUT2D eigenvalue weighted by Crippen LogP contribution is 2.28. The van der Waals surface area contributed by atoms with Crippen LogP contribution in [0.25, 0.3) is 0 Å². The smallest absolute Gasteiger partial charge is 0.323 e. The predicted octanol–water partition coefficient (Wildman–Crippen LogP) is 2.16. The van der Waals surface area contributed by atoms with Crippen LogP contribution in [-0.4, -0.2) is 35.0 Å². The minimum atomic E-state index is -0.101. The molecule has 0 bridgehead atoms. The van der Waals surface area contributed by atoms with Crippen LogP contribution in [0, 0.1) is 0 Å². The van der Waals surface area contributed by atoms with E-state index in [9.17, 15) is 4.79 Å². The van der Waals surface area contributed by atoms with Gasteiger partial charge in [0.1, 0.15) is 17.2 Å². The molecule has 1 fully saturated rings. The average molecular weight is 280 g/mol. The Kier molecular flexibility index (Phi) is 3.58. The third-order valence-corrected chi connectivity index (χ3v) is 5.09. The van der Waals surface area contributed by atoms with Gasteiger partial charge >= 0.3 is 5.97 Å². The second kappa shape index (κ2) is 5.21. The fourth-order valence-corrected chi connectivity index (χ4v) is 4.11. The SMILES string of the molecule is C[C@H]1C[C@H](N(C)Cc2nc3c(s2)CCCC3)C(=O)O1. The Morgan fingerprint density at radius 2 is 2.21 bits per heavy atom. The number of carbonyl (C=O) groups is 1. The molecular formula is C14H20N2O2S. The quantitative estimate of drug-likeness (QED) is 0.796. The molecule has 1 aromatic heterocycles. The summed E-state index contributed by atoms with van der Waals surface area (Å²) in [6.07, 6.45) is 5.69. The van der Waals surface area contributed by atoms with E-state index >= 15 is 0 Å². The number of likely N-dealkylation sites (N-methyl/N-ethyl adjacent to an activating group) is 1. The van der Waals surface area contributed by atoms with E-state index in [1.54, 1.807) is 0 Å².